The van der Waals surface area contributed by atoms with Crippen LogP contribution in [0.25, 0.3) is 11.0 Å². The Morgan fingerprint density at radius 3 is 3.00 bits per heavy atom. The molecule has 8 nitrogen and oxygen atoms in total. The molecule has 1 aliphatic heterocycles. The average molecular weight is 353 g/mol. The highest BCUT2D eigenvalue weighted by molar-refractivity contribution is 5.91. The smallest absolute Gasteiger partial charge is 0.273 e. The Labute approximate surface area is 151 Å². The second-order valence-electron chi connectivity index (χ2n) is 6.60. The molecule has 1 amide bonds. The Morgan fingerprint density at radius 1 is 1.27 bits per heavy atom. The zero-order valence-corrected chi connectivity index (χ0v) is 14.6. The molecule has 0 radical (unpaired) electrons. The first-order chi connectivity index (χ1) is 12.8. The highest BCUT2D eigenvalue weighted by atomic mass is 16.2. The largest absolute Gasteiger partial charge is 0.351 e. The van der Waals surface area contributed by atoms with Crippen LogP contribution >= 0.6 is 0 Å². The van der Waals surface area contributed by atoms with Crippen molar-refractivity contribution < 1.29 is 4.79 Å². The molecule has 1 fully saturated rings. The summed E-state index contributed by atoms with van der Waals surface area (Å²) in [5.74, 6) is -0.166. The van der Waals surface area contributed by atoms with Crippen molar-refractivity contribution in [1.29, 1.82) is 0 Å². The summed E-state index contributed by atoms with van der Waals surface area (Å²) in [4.78, 5) is 16.6. The van der Waals surface area contributed by atoms with Gasteiger partial charge >= 0.3 is 0 Å². The maximum absolute atomic E-state index is 12.3. The molecular weight excluding hydrogens is 330 g/mol. The Bertz CT molecular complexity index is 878. The summed E-state index contributed by atoms with van der Waals surface area (Å²) < 4.78 is 3.93. The van der Waals surface area contributed by atoms with Gasteiger partial charge in [-0.2, -0.15) is 0 Å². The van der Waals surface area contributed by atoms with Gasteiger partial charge in [0, 0.05) is 13.1 Å². The van der Waals surface area contributed by atoms with E-state index in [-0.39, 0.29) is 5.91 Å². The zero-order chi connectivity index (χ0) is 17.8. The van der Waals surface area contributed by atoms with Crippen LogP contribution in [0.1, 0.15) is 35.8 Å². The lowest BCUT2D eigenvalue weighted by molar-refractivity contribution is 0.0947. The van der Waals surface area contributed by atoms with E-state index in [0.717, 1.165) is 49.9 Å². The van der Waals surface area contributed by atoms with Crippen molar-refractivity contribution in [2.45, 2.75) is 31.8 Å². The summed E-state index contributed by atoms with van der Waals surface area (Å²) in [5.41, 5.74) is 2.49. The van der Waals surface area contributed by atoms with Crippen molar-refractivity contribution in [3.63, 3.8) is 0 Å². The molecule has 1 aromatic carbocycles. The summed E-state index contributed by atoms with van der Waals surface area (Å²) in [7, 11) is 0. The quantitative estimate of drug-likeness (QED) is 0.654. The average Bonchev–Trinajstić information content (AvgIpc) is 3.33. The molecule has 0 unspecified atom stereocenters. The topological polar surface area (TPSA) is 89.7 Å². The van der Waals surface area contributed by atoms with Crippen molar-refractivity contribution in [3.05, 3.63) is 42.5 Å². The standard InChI is InChI=1S/C18H23N7O/c26-18(16-12-25(23-22-16)14-6-9-19-10-7-14)20-8-3-11-24-13-21-15-4-1-2-5-17(15)24/h1-2,4-5,12-14,19H,3,6-11H2,(H,20,26). The number of benzene rings is 1. The molecule has 26 heavy (non-hydrogen) atoms. The predicted octanol–water partition coefficient (Wildman–Crippen LogP) is 1.37. The van der Waals surface area contributed by atoms with E-state index in [1.54, 1.807) is 6.20 Å². The number of aryl methyl sites for hydroxylation is 1. The molecule has 2 N–H and O–H groups in total. The highest BCUT2D eigenvalue weighted by Gasteiger charge is 2.18. The second-order valence-corrected chi connectivity index (χ2v) is 6.60. The van der Waals surface area contributed by atoms with Gasteiger partial charge in [-0.25, -0.2) is 9.67 Å². The van der Waals surface area contributed by atoms with Crippen LogP contribution in [0.5, 0.6) is 0 Å². The number of imidazole rings is 1. The van der Waals surface area contributed by atoms with Crippen molar-refractivity contribution in [2.24, 2.45) is 0 Å². The Hall–Kier alpha value is -2.74. The van der Waals surface area contributed by atoms with E-state index in [1.165, 1.54) is 0 Å². The summed E-state index contributed by atoms with van der Waals surface area (Å²) in [6.07, 6.45) is 6.47. The summed E-state index contributed by atoms with van der Waals surface area (Å²) in [5, 5.41) is 14.4. The zero-order valence-electron chi connectivity index (χ0n) is 14.6. The lowest BCUT2D eigenvalue weighted by Crippen LogP contribution is -2.29. The Balaban J connectivity index is 1.27. The molecule has 0 spiro atoms. The van der Waals surface area contributed by atoms with Gasteiger partial charge in [-0.3, -0.25) is 4.79 Å². The fourth-order valence-corrected chi connectivity index (χ4v) is 3.36. The molecule has 3 aromatic rings. The Morgan fingerprint density at radius 2 is 2.12 bits per heavy atom. The van der Waals surface area contributed by atoms with Crippen LogP contribution in [0.3, 0.4) is 0 Å². The molecule has 4 rings (SSSR count). The number of carbonyl (C=O) groups excluding carboxylic acids is 1. The van der Waals surface area contributed by atoms with Crippen LogP contribution in [-0.4, -0.2) is 50.1 Å². The highest BCUT2D eigenvalue weighted by Crippen LogP contribution is 2.17. The third-order valence-corrected chi connectivity index (χ3v) is 4.81. The van der Waals surface area contributed by atoms with E-state index in [0.29, 0.717) is 18.3 Å². The molecule has 0 atom stereocenters. The second kappa shape index (κ2) is 7.65. The van der Waals surface area contributed by atoms with E-state index in [4.69, 9.17) is 0 Å². The van der Waals surface area contributed by atoms with Crippen LogP contribution in [-0.2, 0) is 6.54 Å². The summed E-state index contributed by atoms with van der Waals surface area (Å²) >= 11 is 0. The first-order valence-corrected chi connectivity index (χ1v) is 9.12. The lowest BCUT2D eigenvalue weighted by atomic mass is 10.1. The first kappa shape index (κ1) is 16.7. The number of amides is 1. The maximum Gasteiger partial charge on any atom is 0.273 e. The molecule has 0 saturated carbocycles. The lowest BCUT2D eigenvalue weighted by Gasteiger charge is -2.22. The SMILES string of the molecule is O=C(NCCCn1cnc2ccccc21)c1cn(C2CCNCC2)nn1. The van der Waals surface area contributed by atoms with E-state index in [1.807, 2.05) is 29.2 Å². The van der Waals surface area contributed by atoms with Crippen molar-refractivity contribution in [3.8, 4) is 0 Å². The van der Waals surface area contributed by atoms with Gasteiger partial charge in [-0.15, -0.1) is 5.10 Å². The summed E-state index contributed by atoms with van der Waals surface area (Å²) in [6, 6.07) is 8.38. The molecule has 0 bridgehead atoms. The van der Waals surface area contributed by atoms with E-state index in [9.17, 15) is 4.79 Å². The number of aromatic nitrogens is 5. The number of hydrogen-bond donors (Lipinski definition) is 2. The van der Waals surface area contributed by atoms with Gasteiger partial charge in [0.05, 0.1) is 29.6 Å². The van der Waals surface area contributed by atoms with E-state index < -0.39 is 0 Å². The third-order valence-electron chi connectivity index (χ3n) is 4.81. The summed E-state index contributed by atoms with van der Waals surface area (Å²) in [6.45, 7) is 3.36. The van der Waals surface area contributed by atoms with Gasteiger partial charge in [0.25, 0.3) is 5.91 Å². The van der Waals surface area contributed by atoms with Crippen LogP contribution in [0.4, 0.5) is 0 Å². The normalized spacial score (nSPS) is 15.4. The number of rotatable bonds is 6. The van der Waals surface area contributed by atoms with E-state index >= 15 is 0 Å². The van der Waals surface area contributed by atoms with Crippen LogP contribution in [0, 0.1) is 0 Å². The fourth-order valence-electron chi connectivity index (χ4n) is 3.36. The minimum atomic E-state index is -0.166. The van der Waals surface area contributed by atoms with Gasteiger partial charge in [0.15, 0.2) is 5.69 Å². The van der Waals surface area contributed by atoms with Crippen molar-refractivity contribution in [1.82, 2.24) is 35.2 Å². The number of carbonyl (C=O) groups is 1. The molecular formula is C18H23N7O. The Kier molecular flexibility index (Phi) is 4.92. The van der Waals surface area contributed by atoms with Crippen LogP contribution in [0.15, 0.2) is 36.8 Å². The molecule has 3 heterocycles. The number of nitrogens with zero attached hydrogens (tertiary/aromatic N) is 5. The minimum absolute atomic E-state index is 0.166. The number of hydrogen-bond acceptors (Lipinski definition) is 5. The van der Waals surface area contributed by atoms with Gasteiger partial charge in [-0.05, 0) is 44.5 Å². The molecule has 8 heteroatoms. The van der Waals surface area contributed by atoms with Crippen LogP contribution in [0.2, 0.25) is 0 Å². The molecule has 2 aromatic heterocycles. The van der Waals surface area contributed by atoms with Crippen molar-refractivity contribution >= 4 is 16.9 Å². The minimum Gasteiger partial charge on any atom is -0.351 e. The van der Waals surface area contributed by atoms with Gasteiger partial charge in [0.1, 0.15) is 0 Å². The molecule has 1 aliphatic rings. The predicted molar refractivity (Wildman–Crippen MR) is 97.8 cm³/mol. The molecule has 136 valence electrons. The number of nitrogens with one attached hydrogen (secondary N) is 2. The number of fused-ring (bicyclic) bond motifs is 1. The number of piperidine rings is 1. The molecule has 0 aliphatic carbocycles. The monoisotopic (exact) mass is 353 g/mol. The van der Waals surface area contributed by atoms with Crippen molar-refractivity contribution in [2.75, 3.05) is 19.6 Å². The number of para-hydroxylation sites is 2. The van der Waals surface area contributed by atoms with Gasteiger partial charge in [0.2, 0.25) is 0 Å². The fraction of sp³-hybridized carbons (Fsp3) is 0.444. The third kappa shape index (κ3) is 3.60. The maximum atomic E-state index is 12.3. The van der Waals surface area contributed by atoms with Gasteiger partial charge in [-0.1, -0.05) is 17.3 Å². The first-order valence-electron chi connectivity index (χ1n) is 9.12. The van der Waals surface area contributed by atoms with Gasteiger partial charge < -0.3 is 15.2 Å². The van der Waals surface area contributed by atoms with E-state index in [2.05, 4.69) is 36.6 Å². The molecule has 1 saturated heterocycles. The van der Waals surface area contributed by atoms with Crippen LogP contribution < -0.4 is 10.6 Å².